The maximum Gasteiger partial charge on any atom is 0.00692 e. The third-order valence-corrected chi connectivity index (χ3v) is 3.89. The van der Waals surface area contributed by atoms with Crippen LogP contribution >= 0.6 is 15.9 Å². The van der Waals surface area contributed by atoms with Crippen molar-refractivity contribution < 1.29 is 0 Å². The highest BCUT2D eigenvalue weighted by Crippen LogP contribution is 2.12. The molecule has 1 aliphatic heterocycles. The van der Waals surface area contributed by atoms with Crippen LogP contribution in [0.3, 0.4) is 0 Å². The van der Waals surface area contributed by atoms with Crippen molar-refractivity contribution >= 4 is 15.9 Å². The van der Waals surface area contributed by atoms with Gasteiger partial charge in [0.2, 0.25) is 0 Å². The quantitative estimate of drug-likeness (QED) is 0.693. The molecule has 0 aromatic heterocycles. The maximum absolute atomic E-state index is 3.55. The van der Waals surface area contributed by atoms with Gasteiger partial charge in [0.05, 0.1) is 0 Å². The van der Waals surface area contributed by atoms with Crippen LogP contribution in [0.1, 0.15) is 39.0 Å². The molecule has 1 aliphatic rings. The molecular weight excluding hydrogens is 226 g/mol. The molecule has 0 bridgehead atoms. The van der Waals surface area contributed by atoms with Crippen molar-refractivity contribution in [3.8, 4) is 0 Å². The van der Waals surface area contributed by atoms with E-state index in [0.29, 0.717) is 0 Å². The zero-order valence-corrected chi connectivity index (χ0v) is 10.4. The van der Waals surface area contributed by atoms with Gasteiger partial charge >= 0.3 is 0 Å². The van der Waals surface area contributed by atoms with Crippen molar-refractivity contribution in [3.05, 3.63) is 0 Å². The molecule has 1 unspecified atom stereocenters. The van der Waals surface area contributed by atoms with Crippen molar-refractivity contribution in [2.75, 3.05) is 25.0 Å². The van der Waals surface area contributed by atoms with E-state index in [-0.39, 0.29) is 0 Å². The first-order valence-corrected chi connectivity index (χ1v) is 6.73. The van der Waals surface area contributed by atoms with E-state index in [0.717, 1.165) is 11.2 Å². The summed E-state index contributed by atoms with van der Waals surface area (Å²) in [6.45, 7) is 6.27. The minimum Gasteiger partial charge on any atom is -0.303 e. The molecule has 13 heavy (non-hydrogen) atoms. The maximum atomic E-state index is 3.55. The van der Waals surface area contributed by atoms with E-state index < -0.39 is 0 Å². The van der Waals surface area contributed by atoms with Gasteiger partial charge in [-0.2, -0.15) is 0 Å². The normalized spacial score (nSPS) is 23.5. The minimum atomic E-state index is 0.805. The number of halogens is 1. The van der Waals surface area contributed by atoms with Gasteiger partial charge in [-0.05, 0) is 31.8 Å². The van der Waals surface area contributed by atoms with E-state index in [1.165, 1.54) is 51.7 Å². The zero-order chi connectivity index (χ0) is 9.52. The fourth-order valence-electron chi connectivity index (χ4n) is 1.99. The lowest BCUT2D eigenvalue weighted by molar-refractivity contribution is 0.225. The molecule has 0 radical (unpaired) electrons. The van der Waals surface area contributed by atoms with Crippen LogP contribution in [0.5, 0.6) is 0 Å². The number of nitrogens with zero attached hydrogens (tertiary/aromatic N) is 1. The van der Waals surface area contributed by atoms with Gasteiger partial charge in [-0.15, -0.1) is 0 Å². The summed E-state index contributed by atoms with van der Waals surface area (Å²) in [5, 5.41) is 1.14. The van der Waals surface area contributed by atoms with E-state index in [2.05, 4.69) is 27.8 Å². The molecule has 2 heteroatoms. The summed E-state index contributed by atoms with van der Waals surface area (Å²) < 4.78 is 0. The third kappa shape index (κ3) is 5.02. The van der Waals surface area contributed by atoms with Crippen LogP contribution in [0.4, 0.5) is 0 Å². The van der Waals surface area contributed by atoms with Gasteiger partial charge in [0.15, 0.2) is 0 Å². The molecule has 1 nitrogen and oxygen atoms in total. The fourth-order valence-corrected chi connectivity index (χ4v) is 2.19. The predicted octanol–water partition coefficient (Wildman–Crippen LogP) is 3.28. The first-order chi connectivity index (χ1) is 6.33. The van der Waals surface area contributed by atoms with Gasteiger partial charge in [0.1, 0.15) is 0 Å². The van der Waals surface area contributed by atoms with Crippen LogP contribution in [-0.4, -0.2) is 29.9 Å². The van der Waals surface area contributed by atoms with Gasteiger partial charge in [0, 0.05) is 11.9 Å². The van der Waals surface area contributed by atoms with Crippen molar-refractivity contribution in [1.82, 2.24) is 4.90 Å². The van der Waals surface area contributed by atoms with Gasteiger partial charge in [-0.1, -0.05) is 42.1 Å². The summed E-state index contributed by atoms with van der Waals surface area (Å²) in [5.41, 5.74) is 0. The molecule has 0 saturated carbocycles. The Bertz CT molecular complexity index is 119. The monoisotopic (exact) mass is 247 g/mol. The Hall–Kier alpha value is 0.440. The average molecular weight is 248 g/mol. The number of hydrogen-bond donors (Lipinski definition) is 0. The second-order valence-electron chi connectivity index (χ2n) is 4.33. The van der Waals surface area contributed by atoms with Crippen molar-refractivity contribution in [1.29, 1.82) is 0 Å². The second kappa shape index (κ2) is 6.83. The highest BCUT2D eigenvalue weighted by Gasteiger charge is 2.10. The topological polar surface area (TPSA) is 3.24 Å². The Balaban J connectivity index is 2.21. The van der Waals surface area contributed by atoms with Crippen LogP contribution in [0, 0.1) is 5.92 Å². The lowest BCUT2D eigenvalue weighted by atomic mass is 10.1. The SMILES string of the molecule is CC(CBr)CN1CCCCCCC1. The van der Waals surface area contributed by atoms with Gasteiger partial charge in [-0.25, -0.2) is 0 Å². The first-order valence-electron chi connectivity index (χ1n) is 5.61. The molecule has 1 fully saturated rings. The molecule has 1 heterocycles. The molecule has 1 saturated heterocycles. The van der Waals surface area contributed by atoms with Crippen molar-refractivity contribution in [2.45, 2.75) is 39.0 Å². The van der Waals surface area contributed by atoms with Gasteiger partial charge in [0.25, 0.3) is 0 Å². The molecule has 0 spiro atoms. The lowest BCUT2D eigenvalue weighted by Gasteiger charge is -2.26. The molecule has 0 amide bonds. The molecule has 0 N–H and O–H groups in total. The van der Waals surface area contributed by atoms with Crippen LogP contribution in [0.25, 0.3) is 0 Å². The van der Waals surface area contributed by atoms with E-state index >= 15 is 0 Å². The fraction of sp³-hybridized carbons (Fsp3) is 1.00. The molecule has 0 aromatic carbocycles. The summed E-state index contributed by atoms with van der Waals surface area (Å²) in [5.74, 6) is 0.805. The van der Waals surface area contributed by atoms with Crippen molar-refractivity contribution in [3.63, 3.8) is 0 Å². The summed E-state index contributed by atoms with van der Waals surface area (Å²) in [4.78, 5) is 2.64. The number of alkyl halides is 1. The predicted molar refractivity (Wildman–Crippen MR) is 62.5 cm³/mol. The van der Waals surface area contributed by atoms with Crippen LogP contribution in [0.15, 0.2) is 0 Å². The molecule has 0 aliphatic carbocycles. The zero-order valence-electron chi connectivity index (χ0n) is 8.77. The Morgan fingerprint density at radius 2 is 1.62 bits per heavy atom. The molecule has 0 aromatic rings. The minimum absolute atomic E-state index is 0.805. The highest BCUT2D eigenvalue weighted by atomic mass is 79.9. The van der Waals surface area contributed by atoms with Gasteiger partial charge < -0.3 is 4.90 Å². The van der Waals surface area contributed by atoms with E-state index in [9.17, 15) is 0 Å². The van der Waals surface area contributed by atoms with Crippen molar-refractivity contribution in [2.24, 2.45) is 5.92 Å². The molecule has 1 rings (SSSR count). The average Bonchev–Trinajstić information content (AvgIpc) is 2.09. The largest absolute Gasteiger partial charge is 0.303 e. The summed E-state index contributed by atoms with van der Waals surface area (Å²) in [6.07, 6.45) is 7.17. The Morgan fingerprint density at radius 1 is 1.08 bits per heavy atom. The second-order valence-corrected chi connectivity index (χ2v) is 4.98. The Kier molecular flexibility index (Phi) is 6.05. The van der Waals surface area contributed by atoms with E-state index in [1.54, 1.807) is 0 Å². The van der Waals surface area contributed by atoms with Crippen LogP contribution < -0.4 is 0 Å². The third-order valence-electron chi connectivity index (χ3n) is 2.78. The number of rotatable bonds is 3. The Labute approximate surface area is 91.0 Å². The lowest BCUT2D eigenvalue weighted by Crippen LogP contribution is -2.32. The molecular formula is C11H22BrN. The summed E-state index contributed by atoms with van der Waals surface area (Å²) in [7, 11) is 0. The summed E-state index contributed by atoms with van der Waals surface area (Å²) >= 11 is 3.55. The van der Waals surface area contributed by atoms with Crippen LogP contribution in [-0.2, 0) is 0 Å². The van der Waals surface area contributed by atoms with Crippen LogP contribution in [0.2, 0.25) is 0 Å². The first kappa shape index (κ1) is 11.5. The number of hydrogen-bond acceptors (Lipinski definition) is 1. The van der Waals surface area contributed by atoms with E-state index in [4.69, 9.17) is 0 Å². The van der Waals surface area contributed by atoms with E-state index in [1.807, 2.05) is 0 Å². The Morgan fingerprint density at radius 3 is 2.15 bits per heavy atom. The standard InChI is InChI=1S/C11H22BrN/c1-11(9-12)10-13-7-5-3-2-4-6-8-13/h11H,2-10H2,1H3. The smallest absolute Gasteiger partial charge is 0.00692 e. The highest BCUT2D eigenvalue weighted by molar-refractivity contribution is 9.09. The van der Waals surface area contributed by atoms with Gasteiger partial charge in [-0.3, -0.25) is 0 Å². The molecule has 1 atom stereocenters. The number of likely N-dealkylation sites (tertiary alicyclic amines) is 1. The summed E-state index contributed by atoms with van der Waals surface area (Å²) in [6, 6.07) is 0. The molecule has 78 valence electrons.